The molecule has 0 unspecified atom stereocenters. The van der Waals surface area contributed by atoms with Crippen molar-refractivity contribution in [2.45, 2.75) is 38.5 Å². The SMILES string of the molecule is CC1(C)CC(C(N)=O)(c2ccc(C(=O)Cc3ccccc3)cc2)C1. The number of carbonyl (C=O) groups excluding carboxylic acids is 2. The second-order valence-electron chi connectivity index (χ2n) is 7.63. The first kappa shape index (κ1) is 16.4. The molecular weight excluding hydrogens is 298 g/mol. The Labute approximate surface area is 142 Å². The van der Waals surface area contributed by atoms with Gasteiger partial charge in [-0.2, -0.15) is 0 Å². The van der Waals surface area contributed by atoms with Gasteiger partial charge in [-0.15, -0.1) is 0 Å². The molecule has 0 heterocycles. The highest BCUT2D eigenvalue weighted by Crippen LogP contribution is 2.55. The van der Waals surface area contributed by atoms with Crippen molar-refractivity contribution < 1.29 is 9.59 Å². The molecule has 24 heavy (non-hydrogen) atoms. The van der Waals surface area contributed by atoms with Gasteiger partial charge in [-0.05, 0) is 29.4 Å². The fourth-order valence-corrected chi connectivity index (χ4v) is 3.96. The standard InChI is InChI=1S/C21H23NO2/c1-20(2)13-21(14-20,19(22)24)17-10-8-16(9-11-17)18(23)12-15-6-4-3-5-7-15/h3-11H,12-14H2,1-2H3,(H2,22,24). The first-order chi connectivity index (χ1) is 11.3. The number of nitrogens with two attached hydrogens (primary N) is 1. The number of hydrogen-bond donors (Lipinski definition) is 1. The number of rotatable bonds is 5. The summed E-state index contributed by atoms with van der Waals surface area (Å²) in [6, 6.07) is 17.1. The predicted molar refractivity (Wildman–Crippen MR) is 94.8 cm³/mol. The average Bonchev–Trinajstić information content (AvgIpc) is 2.53. The molecule has 0 atom stereocenters. The van der Waals surface area contributed by atoms with Crippen LogP contribution in [0.4, 0.5) is 0 Å². The van der Waals surface area contributed by atoms with Gasteiger partial charge < -0.3 is 5.73 Å². The van der Waals surface area contributed by atoms with Crippen molar-refractivity contribution in [3.05, 3.63) is 71.3 Å². The molecule has 1 aliphatic carbocycles. The molecule has 0 aromatic heterocycles. The Kier molecular flexibility index (Phi) is 4.04. The molecule has 124 valence electrons. The lowest BCUT2D eigenvalue weighted by atomic mass is 9.51. The van der Waals surface area contributed by atoms with Crippen molar-refractivity contribution >= 4 is 11.7 Å². The van der Waals surface area contributed by atoms with E-state index in [0.717, 1.165) is 24.0 Å². The number of benzene rings is 2. The molecule has 0 saturated heterocycles. The average molecular weight is 321 g/mol. The van der Waals surface area contributed by atoms with Crippen molar-refractivity contribution in [3.63, 3.8) is 0 Å². The molecule has 1 saturated carbocycles. The van der Waals surface area contributed by atoms with Crippen LogP contribution in [0.15, 0.2) is 54.6 Å². The summed E-state index contributed by atoms with van der Waals surface area (Å²) >= 11 is 0. The van der Waals surface area contributed by atoms with Crippen molar-refractivity contribution in [2.24, 2.45) is 11.1 Å². The molecule has 3 rings (SSSR count). The third-order valence-corrected chi connectivity index (χ3v) is 5.00. The maximum atomic E-state index is 12.4. The number of carbonyl (C=O) groups is 2. The first-order valence-corrected chi connectivity index (χ1v) is 8.30. The molecule has 3 heteroatoms. The Bertz CT molecular complexity index is 752. The lowest BCUT2D eigenvalue weighted by Gasteiger charge is -2.51. The molecule has 2 N–H and O–H groups in total. The van der Waals surface area contributed by atoms with Gasteiger partial charge in [-0.1, -0.05) is 68.4 Å². The van der Waals surface area contributed by atoms with E-state index in [1.165, 1.54) is 0 Å². The van der Waals surface area contributed by atoms with E-state index in [4.69, 9.17) is 5.73 Å². The van der Waals surface area contributed by atoms with E-state index in [2.05, 4.69) is 13.8 Å². The predicted octanol–water partition coefficient (Wildman–Crippen LogP) is 3.66. The maximum Gasteiger partial charge on any atom is 0.228 e. The molecule has 0 spiro atoms. The van der Waals surface area contributed by atoms with E-state index >= 15 is 0 Å². The quantitative estimate of drug-likeness (QED) is 0.854. The van der Waals surface area contributed by atoms with Gasteiger partial charge in [0.05, 0.1) is 5.41 Å². The van der Waals surface area contributed by atoms with E-state index in [-0.39, 0.29) is 17.1 Å². The third-order valence-electron chi connectivity index (χ3n) is 5.00. The summed E-state index contributed by atoms with van der Waals surface area (Å²) in [5.74, 6) is -0.194. The number of Topliss-reactive ketones (excluding diaryl/α,β-unsaturated/α-hetero) is 1. The zero-order chi connectivity index (χ0) is 17.4. The molecule has 2 aromatic rings. The Hall–Kier alpha value is -2.42. The number of hydrogen-bond acceptors (Lipinski definition) is 2. The van der Waals surface area contributed by atoms with Crippen molar-refractivity contribution in [3.8, 4) is 0 Å². The smallest absolute Gasteiger partial charge is 0.228 e. The Morgan fingerprint density at radius 2 is 1.54 bits per heavy atom. The van der Waals surface area contributed by atoms with Gasteiger partial charge in [0.2, 0.25) is 5.91 Å². The molecule has 1 fully saturated rings. The van der Waals surface area contributed by atoms with Gasteiger partial charge in [0.1, 0.15) is 0 Å². The van der Waals surface area contributed by atoms with Crippen LogP contribution in [-0.2, 0) is 16.6 Å². The molecular formula is C21H23NO2. The molecule has 1 amide bonds. The van der Waals surface area contributed by atoms with Crippen LogP contribution in [0.1, 0.15) is 48.2 Å². The summed E-state index contributed by atoms with van der Waals surface area (Å²) in [5.41, 5.74) is 7.83. The van der Waals surface area contributed by atoms with Gasteiger partial charge in [0.25, 0.3) is 0 Å². The fraction of sp³-hybridized carbons (Fsp3) is 0.333. The van der Waals surface area contributed by atoms with E-state index in [1.807, 2.05) is 54.6 Å². The highest BCUT2D eigenvalue weighted by molar-refractivity contribution is 5.97. The van der Waals surface area contributed by atoms with Gasteiger partial charge in [0.15, 0.2) is 5.78 Å². The Morgan fingerprint density at radius 3 is 2.04 bits per heavy atom. The normalized spacial score (nSPS) is 17.8. The number of primary amides is 1. The van der Waals surface area contributed by atoms with Gasteiger partial charge in [-0.3, -0.25) is 9.59 Å². The van der Waals surface area contributed by atoms with E-state index in [9.17, 15) is 9.59 Å². The zero-order valence-corrected chi connectivity index (χ0v) is 14.2. The maximum absolute atomic E-state index is 12.4. The fourth-order valence-electron chi connectivity index (χ4n) is 3.96. The Balaban J connectivity index is 1.78. The monoisotopic (exact) mass is 321 g/mol. The summed E-state index contributed by atoms with van der Waals surface area (Å²) in [6.07, 6.45) is 1.90. The van der Waals surface area contributed by atoms with Gasteiger partial charge >= 0.3 is 0 Å². The van der Waals surface area contributed by atoms with Crippen LogP contribution >= 0.6 is 0 Å². The highest BCUT2D eigenvalue weighted by atomic mass is 16.1. The summed E-state index contributed by atoms with van der Waals surface area (Å²) in [4.78, 5) is 24.4. The number of amides is 1. The third kappa shape index (κ3) is 2.99. The van der Waals surface area contributed by atoms with Gasteiger partial charge in [0, 0.05) is 12.0 Å². The van der Waals surface area contributed by atoms with Crippen LogP contribution in [0.2, 0.25) is 0 Å². The largest absolute Gasteiger partial charge is 0.369 e. The van der Waals surface area contributed by atoms with E-state index < -0.39 is 5.41 Å². The molecule has 2 aromatic carbocycles. The zero-order valence-electron chi connectivity index (χ0n) is 14.2. The van der Waals surface area contributed by atoms with Gasteiger partial charge in [-0.25, -0.2) is 0 Å². The first-order valence-electron chi connectivity index (χ1n) is 8.30. The van der Waals surface area contributed by atoms with Crippen LogP contribution in [0.5, 0.6) is 0 Å². The van der Waals surface area contributed by atoms with Crippen molar-refractivity contribution in [2.75, 3.05) is 0 Å². The molecule has 0 radical (unpaired) electrons. The van der Waals surface area contributed by atoms with E-state index in [0.29, 0.717) is 12.0 Å². The van der Waals surface area contributed by atoms with Crippen LogP contribution < -0.4 is 5.73 Å². The molecule has 1 aliphatic rings. The van der Waals surface area contributed by atoms with Crippen LogP contribution in [0, 0.1) is 5.41 Å². The summed E-state index contributed by atoms with van der Waals surface area (Å²) in [7, 11) is 0. The second kappa shape index (κ2) is 5.90. The minimum Gasteiger partial charge on any atom is -0.369 e. The lowest BCUT2D eigenvalue weighted by molar-refractivity contribution is -0.131. The molecule has 3 nitrogen and oxygen atoms in total. The van der Waals surface area contributed by atoms with Crippen LogP contribution in [0.3, 0.4) is 0 Å². The van der Waals surface area contributed by atoms with Crippen molar-refractivity contribution in [1.29, 1.82) is 0 Å². The van der Waals surface area contributed by atoms with Crippen LogP contribution in [-0.4, -0.2) is 11.7 Å². The lowest BCUT2D eigenvalue weighted by Crippen LogP contribution is -2.54. The Morgan fingerprint density at radius 1 is 0.958 bits per heavy atom. The van der Waals surface area contributed by atoms with Crippen LogP contribution in [0.25, 0.3) is 0 Å². The minimum atomic E-state index is -0.579. The topological polar surface area (TPSA) is 60.2 Å². The highest BCUT2D eigenvalue weighted by Gasteiger charge is 2.54. The minimum absolute atomic E-state index is 0.0785. The molecule has 0 aliphatic heterocycles. The van der Waals surface area contributed by atoms with E-state index in [1.54, 1.807) is 0 Å². The summed E-state index contributed by atoms with van der Waals surface area (Å²) in [5, 5.41) is 0. The second-order valence-corrected chi connectivity index (χ2v) is 7.63. The summed E-state index contributed by atoms with van der Waals surface area (Å²) < 4.78 is 0. The molecule has 0 bridgehead atoms. The van der Waals surface area contributed by atoms with Crippen molar-refractivity contribution in [1.82, 2.24) is 0 Å². The number of ketones is 1. The summed E-state index contributed by atoms with van der Waals surface area (Å²) in [6.45, 7) is 4.29.